The summed E-state index contributed by atoms with van der Waals surface area (Å²) in [6, 6.07) is 16.2. The standard InChI is InChI=1S/C18H14FN3O2/c19-16-6-2-1-5-15(16)18(24)21-20-17(23)13-7-9-14(10-8-13)22-11-3-4-12-22/h1-12H,(H,20,23)(H,21,24). The molecule has 6 heteroatoms. The van der Waals surface area contributed by atoms with Gasteiger partial charge in [-0.05, 0) is 48.5 Å². The summed E-state index contributed by atoms with van der Waals surface area (Å²) in [5.41, 5.74) is 5.61. The second-order valence-electron chi connectivity index (χ2n) is 5.03. The molecule has 24 heavy (non-hydrogen) atoms. The molecule has 0 saturated carbocycles. The highest BCUT2D eigenvalue weighted by Gasteiger charge is 2.12. The predicted octanol–water partition coefficient (Wildman–Crippen LogP) is 2.69. The van der Waals surface area contributed by atoms with Crippen LogP contribution in [0, 0.1) is 5.82 Å². The van der Waals surface area contributed by atoms with E-state index in [4.69, 9.17) is 0 Å². The number of hydrazine groups is 1. The van der Waals surface area contributed by atoms with E-state index < -0.39 is 17.6 Å². The lowest BCUT2D eigenvalue weighted by molar-refractivity contribution is 0.0844. The Kier molecular flexibility index (Phi) is 4.38. The molecule has 0 unspecified atom stereocenters. The van der Waals surface area contributed by atoms with Gasteiger partial charge in [0.25, 0.3) is 11.8 Å². The zero-order valence-corrected chi connectivity index (χ0v) is 12.6. The lowest BCUT2D eigenvalue weighted by atomic mass is 10.2. The monoisotopic (exact) mass is 323 g/mol. The topological polar surface area (TPSA) is 63.1 Å². The van der Waals surface area contributed by atoms with Crippen molar-refractivity contribution in [2.24, 2.45) is 0 Å². The van der Waals surface area contributed by atoms with Gasteiger partial charge in [0, 0.05) is 23.6 Å². The van der Waals surface area contributed by atoms with Gasteiger partial charge < -0.3 is 4.57 Å². The Morgan fingerprint density at radius 3 is 2.08 bits per heavy atom. The van der Waals surface area contributed by atoms with Crippen LogP contribution in [0.1, 0.15) is 20.7 Å². The van der Waals surface area contributed by atoms with E-state index in [1.54, 1.807) is 30.3 Å². The summed E-state index contributed by atoms with van der Waals surface area (Å²) >= 11 is 0. The molecule has 120 valence electrons. The van der Waals surface area contributed by atoms with Gasteiger partial charge in [0.1, 0.15) is 5.82 Å². The molecule has 0 fully saturated rings. The third kappa shape index (κ3) is 3.33. The Bertz CT molecular complexity index is 858. The first-order chi connectivity index (χ1) is 11.6. The SMILES string of the molecule is O=C(NNC(=O)c1ccccc1F)c1ccc(-n2cccc2)cc1. The maximum atomic E-state index is 13.5. The Labute approximate surface area is 137 Å². The van der Waals surface area contributed by atoms with Crippen LogP contribution >= 0.6 is 0 Å². The zero-order chi connectivity index (χ0) is 16.9. The van der Waals surface area contributed by atoms with Gasteiger partial charge >= 0.3 is 0 Å². The van der Waals surface area contributed by atoms with Crippen LogP contribution in [-0.4, -0.2) is 16.4 Å². The second kappa shape index (κ2) is 6.78. The molecule has 0 aliphatic heterocycles. The molecule has 2 N–H and O–H groups in total. The minimum absolute atomic E-state index is 0.138. The van der Waals surface area contributed by atoms with E-state index >= 15 is 0 Å². The van der Waals surface area contributed by atoms with Gasteiger partial charge in [-0.1, -0.05) is 12.1 Å². The van der Waals surface area contributed by atoms with Gasteiger partial charge in [0.2, 0.25) is 0 Å². The first-order valence-corrected chi connectivity index (χ1v) is 7.24. The number of benzene rings is 2. The van der Waals surface area contributed by atoms with Crippen molar-refractivity contribution in [3.05, 3.63) is 90.0 Å². The van der Waals surface area contributed by atoms with Gasteiger partial charge in [-0.2, -0.15) is 0 Å². The van der Waals surface area contributed by atoms with Crippen LogP contribution in [0.15, 0.2) is 73.1 Å². The van der Waals surface area contributed by atoms with Crippen LogP contribution in [0.4, 0.5) is 4.39 Å². The lowest BCUT2D eigenvalue weighted by Crippen LogP contribution is -2.41. The average Bonchev–Trinajstić information content (AvgIpc) is 3.14. The van der Waals surface area contributed by atoms with Crippen LogP contribution in [0.25, 0.3) is 5.69 Å². The Hall–Kier alpha value is -3.41. The van der Waals surface area contributed by atoms with Gasteiger partial charge in [0.05, 0.1) is 5.56 Å². The van der Waals surface area contributed by atoms with Crippen molar-refractivity contribution in [3.8, 4) is 5.69 Å². The quantitative estimate of drug-likeness (QED) is 0.728. The van der Waals surface area contributed by atoms with E-state index in [-0.39, 0.29) is 5.56 Å². The highest BCUT2D eigenvalue weighted by molar-refractivity contribution is 5.99. The fraction of sp³-hybridized carbons (Fsp3) is 0. The number of halogens is 1. The van der Waals surface area contributed by atoms with Gasteiger partial charge in [-0.25, -0.2) is 4.39 Å². The minimum Gasteiger partial charge on any atom is -0.324 e. The fourth-order valence-electron chi connectivity index (χ4n) is 2.19. The third-order valence-corrected chi connectivity index (χ3v) is 3.44. The summed E-state index contributed by atoms with van der Waals surface area (Å²) in [6.07, 6.45) is 3.79. The van der Waals surface area contributed by atoms with E-state index in [0.29, 0.717) is 5.56 Å². The highest BCUT2D eigenvalue weighted by atomic mass is 19.1. The molecule has 0 spiro atoms. The Morgan fingerprint density at radius 1 is 0.792 bits per heavy atom. The van der Waals surface area contributed by atoms with E-state index in [2.05, 4.69) is 10.9 Å². The third-order valence-electron chi connectivity index (χ3n) is 3.44. The van der Waals surface area contributed by atoms with Crippen LogP contribution in [0.5, 0.6) is 0 Å². The number of aromatic nitrogens is 1. The van der Waals surface area contributed by atoms with E-state index in [9.17, 15) is 14.0 Å². The normalized spacial score (nSPS) is 10.2. The van der Waals surface area contributed by atoms with Crippen molar-refractivity contribution in [2.45, 2.75) is 0 Å². The molecule has 0 atom stereocenters. The molecule has 2 amide bonds. The van der Waals surface area contributed by atoms with Crippen molar-refractivity contribution in [3.63, 3.8) is 0 Å². The molecule has 0 aliphatic rings. The molecule has 0 radical (unpaired) electrons. The van der Waals surface area contributed by atoms with Crippen molar-refractivity contribution < 1.29 is 14.0 Å². The molecule has 3 aromatic rings. The molecule has 0 aliphatic carbocycles. The molecular formula is C18H14FN3O2. The smallest absolute Gasteiger partial charge is 0.272 e. The Balaban J connectivity index is 1.63. The number of hydrogen-bond acceptors (Lipinski definition) is 2. The van der Waals surface area contributed by atoms with Crippen molar-refractivity contribution in [2.75, 3.05) is 0 Å². The summed E-state index contributed by atoms with van der Waals surface area (Å²) in [5, 5.41) is 0. The van der Waals surface area contributed by atoms with Gasteiger partial charge in [0.15, 0.2) is 0 Å². The largest absolute Gasteiger partial charge is 0.324 e. The summed E-state index contributed by atoms with van der Waals surface area (Å²) < 4.78 is 15.4. The molecule has 5 nitrogen and oxygen atoms in total. The predicted molar refractivity (Wildman–Crippen MR) is 87.1 cm³/mol. The summed E-state index contributed by atoms with van der Waals surface area (Å²) in [6.45, 7) is 0. The molecule has 3 rings (SSSR count). The number of carbonyl (C=O) groups excluding carboxylic acids is 2. The van der Waals surface area contributed by atoms with Crippen molar-refractivity contribution in [1.29, 1.82) is 0 Å². The number of amides is 2. The highest BCUT2D eigenvalue weighted by Crippen LogP contribution is 2.10. The summed E-state index contributed by atoms with van der Waals surface area (Å²) in [4.78, 5) is 23.9. The van der Waals surface area contributed by atoms with Gasteiger partial charge in [-0.3, -0.25) is 20.4 Å². The second-order valence-corrected chi connectivity index (χ2v) is 5.03. The van der Waals surface area contributed by atoms with Crippen LogP contribution in [-0.2, 0) is 0 Å². The molecule has 1 heterocycles. The lowest BCUT2D eigenvalue weighted by Gasteiger charge is -2.09. The minimum atomic E-state index is -0.717. The Morgan fingerprint density at radius 2 is 1.42 bits per heavy atom. The van der Waals surface area contributed by atoms with Crippen LogP contribution < -0.4 is 10.9 Å². The first kappa shape index (κ1) is 15.5. The van der Waals surface area contributed by atoms with E-state index in [1.165, 1.54) is 18.2 Å². The number of nitrogens with zero attached hydrogens (tertiary/aromatic N) is 1. The number of nitrogens with one attached hydrogen (secondary N) is 2. The molecule has 2 aromatic carbocycles. The zero-order valence-electron chi connectivity index (χ0n) is 12.6. The number of carbonyl (C=O) groups is 2. The maximum absolute atomic E-state index is 13.5. The van der Waals surface area contributed by atoms with Crippen LogP contribution in [0.3, 0.4) is 0 Å². The number of hydrogen-bond donors (Lipinski definition) is 2. The molecule has 1 aromatic heterocycles. The first-order valence-electron chi connectivity index (χ1n) is 7.24. The number of rotatable bonds is 3. The van der Waals surface area contributed by atoms with Crippen LogP contribution in [0.2, 0.25) is 0 Å². The summed E-state index contributed by atoms with van der Waals surface area (Å²) in [7, 11) is 0. The van der Waals surface area contributed by atoms with Crippen molar-refractivity contribution >= 4 is 11.8 Å². The van der Waals surface area contributed by atoms with Crippen molar-refractivity contribution in [1.82, 2.24) is 15.4 Å². The fourth-order valence-corrected chi connectivity index (χ4v) is 2.19. The maximum Gasteiger partial charge on any atom is 0.272 e. The molecular weight excluding hydrogens is 309 g/mol. The molecule has 0 bridgehead atoms. The summed E-state index contributed by atoms with van der Waals surface area (Å²) in [5.74, 6) is -1.86. The average molecular weight is 323 g/mol. The van der Waals surface area contributed by atoms with E-state index in [1.807, 2.05) is 29.1 Å². The van der Waals surface area contributed by atoms with Gasteiger partial charge in [-0.15, -0.1) is 0 Å². The van der Waals surface area contributed by atoms with E-state index in [0.717, 1.165) is 5.69 Å². The molecule has 0 saturated heterocycles.